The van der Waals surface area contributed by atoms with E-state index in [1.807, 2.05) is 0 Å². The molecule has 0 radical (unpaired) electrons. The van der Waals surface area contributed by atoms with E-state index >= 15 is 0 Å². The van der Waals surface area contributed by atoms with Gasteiger partial charge in [-0.25, -0.2) is 0 Å². The van der Waals surface area contributed by atoms with Crippen LogP contribution in [0, 0.1) is 0 Å². The third-order valence-corrected chi connectivity index (χ3v) is 3.64. The number of benzene rings is 1. The van der Waals surface area contributed by atoms with E-state index in [1.54, 1.807) is 0 Å². The Hall–Kier alpha value is -0.500. The van der Waals surface area contributed by atoms with Crippen LogP contribution in [0.4, 0.5) is 0 Å². The molecule has 88 valence electrons. The van der Waals surface area contributed by atoms with Gasteiger partial charge in [-0.15, -0.1) is 0 Å². The van der Waals surface area contributed by atoms with Gasteiger partial charge in [0.25, 0.3) is 0 Å². The van der Waals surface area contributed by atoms with Gasteiger partial charge in [-0.1, -0.05) is 42.1 Å². The van der Waals surface area contributed by atoms with Gasteiger partial charge in [0, 0.05) is 10.9 Å². The summed E-state index contributed by atoms with van der Waals surface area (Å²) in [5, 5.41) is 0. The fourth-order valence-corrected chi connectivity index (χ4v) is 2.66. The molecule has 1 heterocycles. The Morgan fingerprint density at radius 3 is 3.00 bits per heavy atom. The van der Waals surface area contributed by atoms with E-state index in [2.05, 4.69) is 41.1 Å². The molecule has 0 saturated carbocycles. The molecule has 0 N–H and O–H groups in total. The van der Waals surface area contributed by atoms with Crippen molar-refractivity contribution in [2.45, 2.75) is 51.6 Å². The van der Waals surface area contributed by atoms with E-state index in [-0.39, 0.29) is 0 Å². The number of rotatable bonds is 5. The van der Waals surface area contributed by atoms with Crippen molar-refractivity contribution >= 4 is 15.9 Å². The normalized spacial score (nSPS) is 18.2. The molecule has 2 rings (SSSR count). The highest BCUT2D eigenvalue weighted by atomic mass is 79.9. The molecule has 1 atom stereocenters. The third kappa shape index (κ3) is 3.00. The minimum Gasteiger partial charge on any atom is -0.490 e. The lowest BCUT2D eigenvalue weighted by atomic mass is 10.0. The van der Waals surface area contributed by atoms with Gasteiger partial charge < -0.3 is 4.74 Å². The number of hydrogen-bond donors (Lipinski definition) is 0. The van der Waals surface area contributed by atoms with E-state index in [1.165, 1.54) is 37.7 Å². The van der Waals surface area contributed by atoms with Gasteiger partial charge in [-0.3, -0.25) is 0 Å². The average Bonchev–Trinajstić information content (AvgIpc) is 2.66. The smallest absolute Gasteiger partial charge is 0.123 e. The van der Waals surface area contributed by atoms with Crippen molar-refractivity contribution in [3.05, 3.63) is 28.2 Å². The summed E-state index contributed by atoms with van der Waals surface area (Å²) in [5.74, 6) is 1.09. The van der Waals surface area contributed by atoms with E-state index in [4.69, 9.17) is 4.74 Å². The second-order valence-corrected chi connectivity index (χ2v) is 5.46. The molecule has 0 spiro atoms. The average molecular weight is 283 g/mol. The third-order valence-electron chi connectivity index (χ3n) is 3.14. The largest absolute Gasteiger partial charge is 0.490 e. The second-order valence-electron chi connectivity index (χ2n) is 4.55. The zero-order chi connectivity index (χ0) is 11.4. The number of fused-ring (bicyclic) bond motifs is 1. The van der Waals surface area contributed by atoms with Crippen LogP contribution in [0.5, 0.6) is 5.75 Å². The van der Waals surface area contributed by atoms with Crippen LogP contribution in [0.15, 0.2) is 22.7 Å². The van der Waals surface area contributed by atoms with Crippen molar-refractivity contribution < 1.29 is 4.74 Å². The minimum atomic E-state index is 0.418. The maximum Gasteiger partial charge on any atom is 0.123 e. The summed E-state index contributed by atoms with van der Waals surface area (Å²) in [5.41, 5.74) is 1.36. The molecule has 1 aliphatic heterocycles. The fraction of sp³-hybridized carbons (Fsp3) is 0.571. The summed E-state index contributed by atoms with van der Waals surface area (Å²) >= 11 is 3.50. The van der Waals surface area contributed by atoms with Crippen molar-refractivity contribution in [3.8, 4) is 5.75 Å². The van der Waals surface area contributed by atoms with Crippen molar-refractivity contribution in [1.29, 1.82) is 0 Å². The topological polar surface area (TPSA) is 9.23 Å². The first-order chi connectivity index (χ1) is 7.79. The molecule has 1 aromatic carbocycles. The van der Waals surface area contributed by atoms with Crippen LogP contribution in [0.3, 0.4) is 0 Å². The molecule has 0 saturated heterocycles. The lowest BCUT2D eigenvalue weighted by Crippen LogP contribution is -2.12. The van der Waals surface area contributed by atoms with E-state index < -0.39 is 0 Å². The van der Waals surface area contributed by atoms with Crippen LogP contribution < -0.4 is 4.74 Å². The highest BCUT2D eigenvalue weighted by Crippen LogP contribution is 2.32. The maximum absolute atomic E-state index is 5.92. The van der Waals surface area contributed by atoms with Crippen LogP contribution in [0.1, 0.15) is 44.6 Å². The first-order valence-corrected chi connectivity index (χ1v) is 7.04. The Kier molecular flexibility index (Phi) is 4.28. The molecule has 0 bridgehead atoms. The molecule has 0 fully saturated rings. The summed E-state index contributed by atoms with van der Waals surface area (Å²) in [6.45, 7) is 2.25. The van der Waals surface area contributed by atoms with Gasteiger partial charge in [0.1, 0.15) is 11.9 Å². The maximum atomic E-state index is 5.92. The van der Waals surface area contributed by atoms with E-state index in [0.717, 1.165) is 16.6 Å². The van der Waals surface area contributed by atoms with Gasteiger partial charge >= 0.3 is 0 Å². The summed E-state index contributed by atoms with van der Waals surface area (Å²) < 4.78 is 7.08. The highest BCUT2D eigenvalue weighted by molar-refractivity contribution is 9.10. The lowest BCUT2D eigenvalue weighted by molar-refractivity contribution is 0.216. The first kappa shape index (κ1) is 12.0. The highest BCUT2D eigenvalue weighted by Gasteiger charge is 2.22. The van der Waals surface area contributed by atoms with Gasteiger partial charge in [0.05, 0.1) is 0 Å². The predicted molar refractivity (Wildman–Crippen MR) is 71.0 cm³/mol. The van der Waals surface area contributed by atoms with Gasteiger partial charge in [0.15, 0.2) is 0 Å². The Balaban J connectivity index is 1.81. The van der Waals surface area contributed by atoms with Crippen LogP contribution in [0.25, 0.3) is 0 Å². The quantitative estimate of drug-likeness (QED) is 0.710. The van der Waals surface area contributed by atoms with Crippen molar-refractivity contribution in [2.24, 2.45) is 0 Å². The molecule has 0 aliphatic carbocycles. The number of ether oxygens (including phenoxy) is 1. The minimum absolute atomic E-state index is 0.418. The molecular weight excluding hydrogens is 264 g/mol. The Bertz CT molecular complexity index is 349. The van der Waals surface area contributed by atoms with E-state index in [9.17, 15) is 0 Å². The van der Waals surface area contributed by atoms with Crippen molar-refractivity contribution in [3.63, 3.8) is 0 Å². The molecule has 1 unspecified atom stereocenters. The van der Waals surface area contributed by atoms with Gasteiger partial charge in [-0.2, -0.15) is 0 Å². The van der Waals surface area contributed by atoms with Gasteiger partial charge in [0.2, 0.25) is 0 Å². The SMILES string of the molecule is CCCCCCC1Cc2cc(Br)ccc2O1. The summed E-state index contributed by atoms with van der Waals surface area (Å²) in [7, 11) is 0. The second kappa shape index (κ2) is 5.72. The lowest BCUT2D eigenvalue weighted by Gasteiger charge is -2.09. The van der Waals surface area contributed by atoms with Crippen LogP contribution in [0.2, 0.25) is 0 Å². The van der Waals surface area contributed by atoms with Gasteiger partial charge in [-0.05, 0) is 36.6 Å². The predicted octanol–water partition coefficient (Wildman–Crippen LogP) is 4.72. The molecule has 1 nitrogen and oxygen atoms in total. The van der Waals surface area contributed by atoms with Crippen LogP contribution >= 0.6 is 15.9 Å². The zero-order valence-corrected chi connectivity index (χ0v) is 11.4. The Morgan fingerprint density at radius 1 is 1.31 bits per heavy atom. The standard InChI is InChI=1S/C14H19BrO/c1-2-3-4-5-6-13-10-11-9-12(15)7-8-14(11)16-13/h7-9,13H,2-6,10H2,1H3. The van der Waals surface area contributed by atoms with Crippen molar-refractivity contribution in [1.82, 2.24) is 0 Å². The Labute approximate surface area is 106 Å². The zero-order valence-electron chi connectivity index (χ0n) is 9.84. The molecular formula is C14H19BrO. The molecule has 16 heavy (non-hydrogen) atoms. The van der Waals surface area contributed by atoms with Crippen molar-refractivity contribution in [2.75, 3.05) is 0 Å². The summed E-state index contributed by atoms with van der Waals surface area (Å²) in [6.07, 6.45) is 8.00. The number of halogens is 1. The monoisotopic (exact) mass is 282 g/mol. The summed E-state index contributed by atoms with van der Waals surface area (Å²) in [4.78, 5) is 0. The van der Waals surface area contributed by atoms with E-state index in [0.29, 0.717) is 6.10 Å². The fourth-order valence-electron chi connectivity index (χ4n) is 2.25. The van der Waals surface area contributed by atoms with Crippen LogP contribution in [-0.4, -0.2) is 6.10 Å². The number of unbranched alkanes of at least 4 members (excludes halogenated alkanes) is 3. The number of hydrogen-bond acceptors (Lipinski definition) is 1. The molecule has 2 heteroatoms. The van der Waals surface area contributed by atoms with Crippen LogP contribution in [-0.2, 0) is 6.42 Å². The summed E-state index contributed by atoms with van der Waals surface area (Å²) in [6, 6.07) is 6.31. The molecule has 1 aliphatic rings. The molecule has 1 aromatic rings. The molecule has 0 aromatic heterocycles. The first-order valence-electron chi connectivity index (χ1n) is 6.24. The Morgan fingerprint density at radius 2 is 2.19 bits per heavy atom. The molecule has 0 amide bonds.